The summed E-state index contributed by atoms with van der Waals surface area (Å²) < 4.78 is 0. The lowest BCUT2D eigenvalue weighted by atomic mass is 9.88. The maximum absolute atomic E-state index is 3.73. The molecule has 0 bridgehead atoms. The van der Waals surface area contributed by atoms with E-state index in [0.717, 1.165) is 12.1 Å². The molecule has 0 heterocycles. The van der Waals surface area contributed by atoms with Gasteiger partial charge in [-0.1, -0.05) is 24.3 Å². The fourth-order valence-corrected chi connectivity index (χ4v) is 2.42. The second-order valence-electron chi connectivity index (χ2n) is 4.65. The van der Waals surface area contributed by atoms with E-state index in [2.05, 4.69) is 29.6 Å². The zero-order valence-corrected chi connectivity index (χ0v) is 9.72. The molecule has 0 saturated heterocycles. The summed E-state index contributed by atoms with van der Waals surface area (Å²) in [5.74, 6) is 0. The Bertz CT molecular complexity index is 333. The van der Waals surface area contributed by atoms with Gasteiger partial charge in [0, 0.05) is 12.1 Å². The number of rotatable bonds is 2. The van der Waals surface area contributed by atoms with Crippen molar-refractivity contribution in [2.24, 2.45) is 0 Å². The van der Waals surface area contributed by atoms with Gasteiger partial charge >= 0.3 is 0 Å². The standard InChI is InChI=1S/C13H17N.ClH/c1-2-4-11-9-13(14-12-7-8-12)6-5-10(11)3-1;/h1-4,12-14H,5-9H2;1H. The molecule has 82 valence electrons. The molecule has 2 aliphatic rings. The molecule has 1 saturated carbocycles. The number of hydrogen-bond acceptors (Lipinski definition) is 1. The number of fused-ring (bicyclic) bond motifs is 1. The first-order chi connectivity index (χ1) is 6.92. The van der Waals surface area contributed by atoms with Crippen LogP contribution in [0.1, 0.15) is 30.4 Å². The van der Waals surface area contributed by atoms with Crippen LogP contribution in [0.4, 0.5) is 0 Å². The molecule has 0 aliphatic heterocycles. The largest absolute Gasteiger partial charge is 0.311 e. The van der Waals surface area contributed by atoms with Crippen LogP contribution in [-0.4, -0.2) is 12.1 Å². The summed E-state index contributed by atoms with van der Waals surface area (Å²) in [6, 6.07) is 10.5. The molecule has 1 fully saturated rings. The Kier molecular flexibility index (Phi) is 3.32. The SMILES string of the molecule is Cl.c1ccc2c(c1)CCC(NC1CC1)C2. The van der Waals surface area contributed by atoms with Crippen molar-refractivity contribution in [3.63, 3.8) is 0 Å². The van der Waals surface area contributed by atoms with Gasteiger partial charge in [-0.25, -0.2) is 0 Å². The van der Waals surface area contributed by atoms with E-state index in [0.29, 0.717) is 0 Å². The molecule has 0 amide bonds. The molecular formula is C13H18ClN. The highest BCUT2D eigenvalue weighted by molar-refractivity contribution is 5.85. The summed E-state index contributed by atoms with van der Waals surface area (Å²) in [6.45, 7) is 0. The Balaban J connectivity index is 0.000000853. The van der Waals surface area contributed by atoms with Gasteiger partial charge in [0.15, 0.2) is 0 Å². The lowest BCUT2D eigenvalue weighted by Crippen LogP contribution is -2.35. The molecule has 1 nitrogen and oxygen atoms in total. The maximum atomic E-state index is 3.73. The number of hydrogen-bond donors (Lipinski definition) is 1. The van der Waals surface area contributed by atoms with Crippen molar-refractivity contribution in [2.75, 3.05) is 0 Å². The minimum Gasteiger partial charge on any atom is -0.311 e. The molecule has 1 atom stereocenters. The van der Waals surface area contributed by atoms with E-state index in [9.17, 15) is 0 Å². The topological polar surface area (TPSA) is 12.0 Å². The highest BCUT2D eigenvalue weighted by Crippen LogP contribution is 2.25. The van der Waals surface area contributed by atoms with Gasteiger partial charge in [-0.3, -0.25) is 0 Å². The molecule has 1 unspecified atom stereocenters. The minimum atomic E-state index is 0. The minimum absolute atomic E-state index is 0. The third-order valence-corrected chi connectivity index (χ3v) is 3.40. The number of halogens is 1. The first kappa shape index (κ1) is 11.0. The Morgan fingerprint density at radius 3 is 2.40 bits per heavy atom. The summed E-state index contributed by atoms with van der Waals surface area (Å²) in [5.41, 5.74) is 3.14. The van der Waals surface area contributed by atoms with Gasteiger partial charge in [0.2, 0.25) is 0 Å². The lowest BCUT2D eigenvalue weighted by molar-refractivity contribution is 0.456. The van der Waals surface area contributed by atoms with Crippen molar-refractivity contribution in [2.45, 2.75) is 44.2 Å². The summed E-state index contributed by atoms with van der Waals surface area (Å²) in [6.07, 6.45) is 6.64. The summed E-state index contributed by atoms with van der Waals surface area (Å²) in [5, 5.41) is 3.73. The second kappa shape index (κ2) is 4.54. The average Bonchev–Trinajstić information content (AvgIpc) is 3.02. The zero-order valence-electron chi connectivity index (χ0n) is 8.91. The van der Waals surface area contributed by atoms with Gasteiger partial charge in [0.1, 0.15) is 0 Å². The zero-order chi connectivity index (χ0) is 9.38. The van der Waals surface area contributed by atoms with Crippen molar-refractivity contribution < 1.29 is 0 Å². The molecule has 2 heteroatoms. The van der Waals surface area contributed by atoms with E-state index in [4.69, 9.17) is 0 Å². The van der Waals surface area contributed by atoms with E-state index in [-0.39, 0.29) is 12.4 Å². The number of benzene rings is 1. The van der Waals surface area contributed by atoms with E-state index in [1.807, 2.05) is 0 Å². The van der Waals surface area contributed by atoms with Crippen molar-refractivity contribution >= 4 is 12.4 Å². The molecule has 2 aliphatic carbocycles. The third kappa shape index (κ3) is 2.53. The van der Waals surface area contributed by atoms with Crippen LogP contribution in [0.3, 0.4) is 0 Å². The van der Waals surface area contributed by atoms with E-state index in [1.54, 1.807) is 11.1 Å². The second-order valence-corrected chi connectivity index (χ2v) is 4.65. The number of aryl methyl sites for hydroxylation is 1. The van der Waals surface area contributed by atoms with Gasteiger partial charge in [-0.15, -0.1) is 12.4 Å². The molecule has 1 aromatic rings. The van der Waals surface area contributed by atoms with E-state index in [1.165, 1.54) is 32.1 Å². The maximum Gasteiger partial charge on any atom is 0.0113 e. The van der Waals surface area contributed by atoms with Gasteiger partial charge in [0.25, 0.3) is 0 Å². The fraction of sp³-hybridized carbons (Fsp3) is 0.538. The Morgan fingerprint density at radius 2 is 1.67 bits per heavy atom. The molecule has 0 spiro atoms. The molecule has 0 radical (unpaired) electrons. The predicted octanol–water partition coefficient (Wildman–Crippen LogP) is 2.72. The van der Waals surface area contributed by atoms with Crippen molar-refractivity contribution in [1.29, 1.82) is 0 Å². The highest BCUT2D eigenvalue weighted by Gasteiger charge is 2.26. The highest BCUT2D eigenvalue weighted by atomic mass is 35.5. The average molecular weight is 224 g/mol. The van der Waals surface area contributed by atoms with Crippen LogP contribution in [0, 0.1) is 0 Å². The Hall–Kier alpha value is -0.530. The van der Waals surface area contributed by atoms with Crippen LogP contribution in [0.2, 0.25) is 0 Å². The molecule has 3 rings (SSSR count). The number of nitrogens with one attached hydrogen (secondary N) is 1. The van der Waals surface area contributed by atoms with E-state index >= 15 is 0 Å². The van der Waals surface area contributed by atoms with Crippen molar-refractivity contribution in [3.05, 3.63) is 35.4 Å². The molecular weight excluding hydrogens is 206 g/mol. The van der Waals surface area contributed by atoms with Crippen LogP contribution in [0.15, 0.2) is 24.3 Å². The summed E-state index contributed by atoms with van der Waals surface area (Å²) in [4.78, 5) is 0. The van der Waals surface area contributed by atoms with Crippen LogP contribution in [0.25, 0.3) is 0 Å². The quantitative estimate of drug-likeness (QED) is 0.813. The van der Waals surface area contributed by atoms with Crippen molar-refractivity contribution in [1.82, 2.24) is 5.32 Å². The van der Waals surface area contributed by atoms with Crippen LogP contribution in [0.5, 0.6) is 0 Å². The summed E-state index contributed by atoms with van der Waals surface area (Å²) in [7, 11) is 0. The Morgan fingerprint density at radius 1 is 0.933 bits per heavy atom. The molecule has 1 N–H and O–H groups in total. The third-order valence-electron chi connectivity index (χ3n) is 3.40. The fourth-order valence-electron chi connectivity index (χ4n) is 2.42. The van der Waals surface area contributed by atoms with Gasteiger partial charge < -0.3 is 5.32 Å². The molecule has 1 aromatic carbocycles. The normalized spacial score (nSPS) is 24.1. The smallest absolute Gasteiger partial charge is 0.0113 e. The summed E-state index contributed by atoms with van der Waals surface area (Å²) >= 11 is 0. The Labute approximate surface area is 97.7 Å². The van der Waals surface area contributed by atoms with Gasteiger partial charge in [0.05, 0.1) is 0 Å². The van der Waals surface area contributed by atoms with Crippen LogP contribution in [-0.2, 0) is 12.8 Å². The first-order valence-corrected chi connectivity index (χ1v) is 5.74. The molecule has 0 aromatic heterocycles. The van der Waals surface area contributed by atoms with Crippen molar-refractivity contribution in [3.8, 4) is 0 Å². The van der Waals surface area contributed by atoms with Crippen LogP contribution >= 0.6 is 12.4 Å². The lowest BCUT2D eigenvalue weighted by Gasteiger charge is -2.25. The van der Waals surface area contributed by atoms with Gasteiger partial charge in [-0.2, -0.15) is 0 Å². The van der Waals surface area contributed by atoms with E-state index < -0.39 is 0 Å². The predicted molar refractivity (Wildman–Crippen MR) is 65.7 cm³/mol. The monoisotopic (exact) mass is 223 g/mol. The first-order valence-electron chi connectivity index (χ1n) is 5.74. The van der Waals surface area contributed by atoms with Gasteiger partial charge in [-0.05, 0) is 43.2 Å². The molecule has 15 heavy (non-hydrogen) atoms. The van der Waals surface area contributed by atoms with Crippen LogP contribution < -0.4 is 5.32 Å².